The second-order valence-corrected chi connectivity index (χ2v) is 6.45. The summed E-state index contributed by atoms with van der Waals surface area (Å²) in [7, 11) is 0. The molecular formula is C18H20N4O2. The number of anilines is 1. The van der Waals surface area contributed by atoms with Crippen molar-refractivity contribution in [2.24, 2.45) is 5.92 Å². The van der Waals surface area contributed by atoms with Gasteiger partial charge in [0.2, 0.25) is 11.8 Å². The smallest absolute Gasteiger partial charge is 0.247 e. The first-order chi connectivity index (χ1) is 11.7. The van der Waals surface area contributed by atoms with Crippen molar-refractivity contribution in [2.45, 2.75) is 31.7 Å². The van der Waals surface area contributed by atoms with Gasteiger partial charge in [-0.05, 0) is 49.9 Å². The molecule has 24 heavy (non-hydrogen) atoms. The predicted molar refractivity (Wildman–Crippen MR) is 89.7 cm³/mol. The molecule has 1 atom stereocenters. The molecule has 124 valence electrons. The highest BCUT2D eigenvalue weighted by molar-refractivity contribution is 5.98. The molecule has 0 bridgehead atoms. The van der Waals surface area contributed by atoms with Gasteiger partial charge in [-0.3, -0.25) is 9.59 Å². The molecule has 1 saturated heterocycles. The monoisotopic (exact) mass is 324 g/mol. The molecule has 1 aliphatic heterocycles. The third kappa shape index (κ3) is 2.91. The van der Waals surface area contributed by atoms with Crippen molar-refractivity contribution in [1.29, 1.82) is 0 Å². The summed E-state index contributed by atoms with van der Waals surface area (Å²) < 4.78 is 1.74. The number of carbonyl (C=O) groups is 2. The Kier molecular flexibility index (Phi) is 3.80. The molecule has 1 saturated carbocycles. The number of hydrogen-bond acceptors (Lipinski definition) is 3. The van der Waals surface area contributed by atoms with Gasteiger partial charge in [-0.1, -0.05) is 6.07 Å². The van der Waals surface area contributed by atoms with Crippen LogP contribution in [0.1, 0.15) is 25.7 Å². The molecule has 1 aromatic carbocycles. The van der Waals surface area contributed by atoms with Gasteiger partial charge in [0.1, 0.15) is 6.04 Å². The fourth-order valence-electron chi connectivity index (χ4n) is 3.24. The highest BCUT2D eigenvalue weighted by Gasteiger charge is 2.40. The zero-order chi connectivity index (χ0) is 16.5. The van der Waals surface area contributed by atoms with Gasteiger partial charge in [-0.25, -0.2) is 4.68 Å². The van der Waals surface area contributed by atoms with Gasteiger partial charge in [0, 0.05) is 30.5 Å². The minimum Gasteiger partial charge on any atom is -0.330 e. The molecule has 2 amide bonds. The molecule has 2 aliphatic rings. The van der Waals surface area contributed by atoms with Gasteiger partial charge < -0.3 is 10.2 Å². The zero-order valence-electron chi connectivity index (χ0n) is 13.4. The molecule has 6 heteroatoms. The quantitative estimate of drug-likeness (QED) is 0.937. The number of benzene rings is 1. The van der Waals surface area contributed by atoms with Crippen molar-refractivity contribution in [3.63, 3.8) is 0 Å². The van der Waals surface area contributed by atoms with E-state index in [-0.39, 0.29) is 23.8 Å². The summed E-state index contributed by atoms with van der Waals surface area (Å²) in [5.74, 6) is 0.207. The lowest BCUT2D eigenvalue weighted by molar-refractivity contribution is -0.137. The Balaban J connectivity index is 1.47. The molecular weight excluding hydrogens is 304 g/mol. The Labute approximate surface area is 140 Å². The number of rotatable bonds is 4. The van der Waals surface area contributed by atoms with Crippen LogP contribution >= 0.6 is 0 Å². The van der Waals surface area contributed by atoms with Crippen LogP contribution in [0.25, 0.3) is 5.69 Å². The average molecular weight is 324 g/mol. The fraction of sp³-hybridized carbons (Fsp3) is 0.389. The van der Waals surface area contributed by atoms with E-state index in [1.165, 1.54) is 0 Å². The van der Waals surface area contributed by atoms with Gasteiger partial charge in [-0.2, -0.15) is 5.10 Å². The van der Waals surface area contributed by atoms with E-state index in [1.807, 2.05) is 36.5 Å². The standard InChI is InChI=1S/C18H20N4O2/c23-17(16-6-2-10-21(16)18(24)13-7-8-13)20-14-4-1-5-15(12-14)22-11-3-9-19-22/h1,3-5,9,11-13,16H,2,6-8,10H2,(H,20,23)/t16-/m1/s1. The molecule has 2 aromatic rings. The molecule has 2 fully saturated rings. The third-order valence-corrected chi connectivity index (χ3v) is 4.65. The average Bonchev–Trinajstić information content (AvgIpc) is 3.11. The summed E-state index contributed by atoms with van der Waals surface area (Å²) >= 11 is 0. The van der Waals surface area contributed by atoms with E-state index < -0.39 is 0 Å². The molecule has 0 unspecified atom stereocenters. The molecule has 2 heterocycles. The highest BCUT2D eigenvalue weighted by atomic mass is 16.2. The number of likely N-dealkylation sites (tertiary alicyclic amines) is 1. The van der Waals surface area contributed by atoms with Crippen LogP contribution in [-0.4, -0.2) is 39.1 Å². The topological polar surface area (TPSA) is 67.2 Å². The van der Waals surface area contributed by atoms with Gasteiger partial charge in [0.25, 0.3) is 0 Å². The van der Waals surface area contributed by atoms with Crippen molar-refractivity contribution in [2.75, 3.05) is 11.9 Å². The van der Waals surface area contributed by atoms with Crippen molar-refractivity contribution < 1.29 is 9.59 Å². The highest BCUT2D eigenvalue weighted by Crippen LogP contribution is 2.34. The maximum absolute atomic E-state index is 12.6. The zero-order valence-corrected chi connectivity index (χ0v) is 13.4. The minimum absolute atomic E-state index is 0.0980. The summed E-state index contributed by atoms with van der Waals surface area (Å²) in [6.07, 6.45) is 7.14. The normalized spacial score (nSPS) is 20.2. The SMILES string of the molecule is O=C(Nc1cccc(-n2cccn2)c1)[C@H]1CCCN1C(=O)C1CC1. The van der Waals surface area contributed by atoms with Crippen LogP contribution in [-0.2, 0) is 9.59 Å². The van der Waals surface area contributed by atoms with Gasteiger partial charge in [-0.15, -0.1) is 0 Å². The Hall–Kier alpha value is -2.63. The van der Waals surface area contributed by atoms with E-state index in [0.717, 1.165) is 37.1 Å². The van der Waals surface area contributed by atoms with Crippen molar-refractivity contribution >= 4 is 17.5 Å². The van der Waals surface area contributed by atoms with E-state index in [9.17, 15) is 9.59 Å². The molecule has 1 aromatic heterocycles. The van der Waals surface area contributed by atoms with E-state index in [1.54, 1.807) is 15.8 Å². The number of nitrogens with one attached hydrogen (secondary N) is 1. The Morgan fingerprint density at radius 1 is 1.17 bits per heavy atom. The van der Waals surface area contributed by atoms with E-state index in [2.05, 4.69) is 10.4 Å². The third-order valence-electron chi connectivity index (χ3n) is 4.65. The number of aromatic nitrogens is 2. The lowest BCUT2D eigenvalue weighted by Crippen LogP contribution is -2.43. The fourth-order valence-corrected chi connectivity index (χ4v) is 3.24. The summed E-state index contributed by atoms with van der Waals surface area (Å²) in [5.41, 5.74) is 1.61. The van der Waals surface area contributed by atoms with Crippen LogP contribution in [0, 0.1) is 5.92 Å². The lowest BCUT2D eigenvalue weighted by Gasteiger charge is -2.24. The van der Waals surface area contributed by atoms with Crippen LogP contribution in [0.5, 0.6) is 0 Å². The number of nitrogens with zero attached hydrogens (tertiary/aromatic N) is 3. The summed E-state index contributed by atoms with van der Waals surface area (Å²) in [4.78, 5) is 26.7. The van der Waals surface area contributed by atoms with Crippen LogP contribution < -0.4 is 5.32 Å². The predicted octanol–water partition coefficient (Wildman–Crippen LogP) is 2.21. The largest absolute Gasteiger partial charge is 0.330 e. The minimum atomic E-state index is -0.341. The molecule has 6 nitrogen and oxygen atoms in total. The van der Waals surface area contributed by atoms with E-state index >= 15 is 0 Å². The molecule has 0 radical (unpaired) electrons. The first-order valence-electron chi connectivity index (χ1n) is 8.44. The Bertz CT molecular complexity index is 752. The van der Waals surface area contributed by atoms with Gasteiger partial charge >= 0.3 is 0 Å². The maximum atomic E-state index is 12.6. The number of hydrogen-bond donors (Lipinski definition) is 1. The second-order valence-electron chi connectivity index (χ2n) is 6.45. The van der Waals surface area contributed by atoms with E-state index in [4.69, 9.17) is 0 Å². The summed E-state index contributed by atoms with van der Waals surface area (Å²) in [5, 5.41) is 7.15. The van der Waals surface area contributed by atoms with Gasteiger partial charge in [0.05, 0.1) is 5.69 Å². The second kappa shape index (κ2) is 6.11. The van der Waals surface area contributed by atoms with Crippen LogP contribution in [0.4, 0.5) is 5.69 Å². The number of amides is 2. The maximum Gasteiger partial charge on any atom is 0.247 e. The van der Waals surface area contributed by atoms with Crippen molar-refractivity contribution in [1.82, 2.24) is 14.7 Å². The van der Waals surface area contributed by atoms with Crippen LogP contribution in [0.15, 0.2) is 42.7 Å². The van der Waals surface area contributed by atoms with E-state index in [0.29, 0.717) is 6.54 Å². The Morgan fingerprint density at radius 2 is 2.04 bits per heavy atom. The first kappa shape index (κ1) is 14.9. The van der Waals surface area contributed by atoms with Crippen molar-refractivity contribution in [3.8, 4) is 5.69 Å². The molecule has 4 rings (SSSR count). The first-order valence-corrected chi connectivity index (χ1v) is 8.44. The molecule has 0 spiro atoms. The summed E-state index contributed by atoms with van der Waals surface area (Å²) in [6.45, 7) is 0.695. The Morgan fingerprint density at radius 3 is 2.79 bits per heavy atom. The molecule has 1 N–H and O–H groups in total. The van der Waals surface area contributed by atoms with Crippen molar-refractivity contribution in [3.05, 3.63) is 42.7 Å². The lowest BCUT2D eigenvalue weighted by atomic mass is 10.2. The van der Waals surface area contributed by atoms with Crippen LogP contribution in [0.3, 0.4) is 0 Å². The van der Waals surface area contributed by atoms with Gasteiger partial charge in [0.15, 0.2) is 0 Å². The van der Waals surface area contributed by atoms with Crippen LogP contribution in [0.2, 0.25) is 0 Å². The molecule has 1 aliphatic carbocycles. The number of carbonyl (C=O) groups excluding carboxylic acids is 2. The summed E-state index contributed by atoms with van der Waals surface area (Å²) in [6, 6.07) is 9.06.